The van der Waals surface area contributed by atoms with Gasteiger partial charge in [0.05, 0.1) is 7.11 Å². The number of carbonyl (C=O) groups excluding carboxylic acids is 2. The second kappa shape index (κ2) is 5.21. The SMILES string of the molecule is COC(=O)/C(=C/c1ccc(F)cc1)C(C)=O. The lowest BCUT2D eigenvalue weighted by Crippen LogP contribution is -2.11. The molecule has 0 amide bonds. The van der Waals surface area contributed by atoms with E-state index in [1.165, 1.54) is 44.4 Å². The average molecular weight is 222 g/mol. The van der Waals surface area contributed by atoms with Crippen molar-refractivity contribution >= 4 is 17.8 Å². The predicted molar refractivity (Wildman–Crippen MR) is 57.1 cm³/mol. The topological polar surface area (TPSA) is 43.4 Å². The lowest BCUT2D eigenvalue weighted by atomic mass is 10.1. The van der Waals surface area contributed by atoms with Crippen molar-refractivity contribution in [1.29, 1.82) is 0 Å². The van der Waals surface area contributed by atoms with Gasteiger partial charge < -0.3 is 4.74 Å². The number of carbonyl (C=O) groups is 2. The number of Topliss-reactive ketones (excluding diaryl/α,β-unsaturated/α-hetero) is 1. The Bertz CT molecular complexity index is 432. The van der Waals surface area contributed by atoms with Crippen molar-refractivity contribution in [3.63, 3.8) is 0 Å². The zero-order valence-electron chi connectivity index (χ0n) is 8.99. The third-order valence-corrected chi connectivity index (χ3v) is 1.97. The van der Waals surface area contributed by atoms with Crippen LogP contribution >= 0.6 is 0 Å². The Kier molecular flexibility index (Phi) is 3.94. The molecule has 0 atom stereocenters. The first kappa shape index (κ1) is 12.1. The molecule has 0 radical (unpaired) electrons. The van der Waals surface area contributed by atoms with Crippen LogP contribution < -0.4 is 0 Å². The number of hydrogen-bond donors (Lipinski definition) is 0. The van der Waals surface area contributed by atoms with Crippen molar-refractivity contribution in [2.24, 2.45) is 0 Å². The van der Waals surface area contributed by atoms with Crippen LogP contribution in [0.15, 0.2) is 29.8 Å². The normalized spacial score (nSPS) is 11.1. The van der Waals surface area contributed by atoms with Gasteiger partial charge in [-0.05, 0) is 30.7 Å². The molecule has 0 unspecified atom stereocenters. The van der Waals surface area contributed by atoms with Gasteiger partial charge in [0, 0.05) is 0 Å². The molecule has 4 heteroatoms. The van der Waals surface area contributed by atoms with E-state index in [1.807, 2.05) is 0 Å². The van der Waals surface area contributed by atoms with Gasteiger partial charge in [-0.1, -0.05) is 12.1 Å². The average Bonchev–Trinajstić information content (AvgIpc) is 2.27. The Labute approximate surface area is 92.5 Å². The van der Waals surface area contributed by atoms with E-state index in [9.17, 15) is 14.0 Å². The van der Waals surface area contributed by atoms with Gasteiger partial charge in [-0.2, -0.15) is 0 Å². The van der Waals surface area contributed by atoms with Crippen LogP contribution in [0.3, 0.4) is 0 Å². The summed E-state index contributed by atoms with van der Waals surface area (Å²) in [7, 11) is 1.20. The molecule has 0 saturated carbocycles. The van der Waals surface area contributed by atoms with Gasteiger partial charge in [-0.15, -0.1) is 0 Å². The van der Waals surface area contributed by atoms with E-state index >= 15 is 0 Å². The fourth-order valence-corrected chi connectivity index (χ4v) is 1.14. The summed E-state index contributed by atoms with van der Waals surface area (Å²) in [5.74, 6) is -1.47. The zero-order chi connectivity index (χ0) is 12.1. The van der Waals surface area contributed by atoms with Crippen molar-refractivity contribution < 1.29 is 18.7 Å². The maximum atomic E-state index is 12.6. The summed E-state index contributed by atoms with van der Waals surface area (Å²) in [6, 6.07) is 5.45. The van der Waals surface area contributed by atoms with Crippen LogP contribution in [-0.4, -0.2) is 18.9 Å². The van der Waals surface area contributed by atoms with Crippen molar-refractivity contribution in [3.8, 4) is 0 Å². The summed E-state index contributed by atoms with van der Waals surface area (Å²) in [6.45, 7) is 1.27. The number of halogens is 1. The summed E-state index contributed by atoms with van der Waals surface area (Å²) >= 11 is 0. The molecule has 0 spiro atoms. The first-order valence-corrected chi connectivity index (χ1v) is 4.61. The highest BCUT2D eigenvalue weighted by atomic mass is 19.1. The van der Waals surface area contributed by atoms with Gasteiger partial charge in [-0.25, -0.2) is 9.18 Å². The molecule has 0 saturated heterocycles. The largest absolute Gasteiger partial charge is 0.465 e. The Morgan fingerprint density at radius 3 is 2.25 bits per heavy atom. The summed E-state index contributed by atoms with van der Waals surface area (Å²) in [5.41, 5.74) is 0.506. The third kappa shape index (κ3) is 3.02. The van der Waals surface area contributed by atoms with Crippen molar-refractivity contribution in [3.05, 3.63) is 41.2 Å². The molecule has 0 aliphatic carbocycles. The monoisotopic (exact) mass is 222 g/mol. The van der Waals surface area contributed by atoms with Gasteiger partial charge in [0.15, 0.2) is 5.78 Å². The maximum absolute atomic E-state index is 12.6. The Balaban J connectivity index is 3.07. The van der Waals surface area contributed by atoms with Crippen molar-refractivity contribution in [2.75, 3.05) is 7.11 Å². The zero-order valence-corrected chi connectivity index (χ0v) is 8.99. The molecular formula is C12H11FO3. The minimum absolute atomic E-state index is 0.0610. The molecule has 0 fully saturated rings. The van der Waals surface area contributed by atoms with E-state index in [1.54, 1.807) is 0 Å². The fourth-order valence-electron chi connectivity index (χ4n) is 1.14. The molecular weight excluding hydrogens is 211 g/mol. The van der Waals surface area contributed by atoms with E-state index in [4.69, 9.17) is 0 Å². The molecule has 16 heavy (non-hydrogen) atoms. The highest BCUT2D eigenvalue weighted by Crippen LogP contribution is 2.10. The van der Waals surface area contributed by atoms with Gasteiger partial charge in [0.25, 0.3) is 0 Å². The molecule has 0 bridgehead atoms. The van der Waals surface area contributed by atoms with Crippen LogP contribution in [0.1, 0.15) is 12.5 Å². The molecule has 0 aromatic heterocycles. The molecule has 84 valence electrons. The minimum atomic E-state index is -0.697. The number of esters is 1. The third-order valence-electron chi connectivity index (χ3n) is 1.97. The number of hydrogen-bond acceptors (Lipinski definition) is 3. The molecule has 0 aliphatic heterocycles. The van der Waals surface area contributed by atoms with Crippen LogP contribution in [0.5, 0.6) is 0 Å². The predicted octanol–water partition coefficient (Wildman–Crippen LogP) is 1.97. The van der Waals surface area contributed by atoms with Crippen LogP contribution in [0, 0.1) is 5.82 Å². The summed E-state index contributed by atoms with van der Waals surface area (Å²) in [4.78, 5) is 22.4. The highest BCUT2D eigenvalue weighted by Gasteiger charge is 2.14. The van der Waals surface area contributed by atoms with Crippen LogP contribution in [0.2, 0.25) is 0 Å². The number of ether oxygens (including phenoxy) is 1. The summed E-state index contributed by atoms with van der Waals surface area (Å²) in [6.07, 6.45) is 1.37. The van der Waals surface area contributed by atoms with Crippen molar-refractivity contribution in [2.45, 2.75) is 6.92 Å². The van der Waals surface area contributed by atoms with E-state index < -0.39 is 11.8 Å². The highest BCUT2D eigenvalue weighted by molar-refractivity contribution is 6.19. The minimum Gasteiger partial charge on any atom is -0.465 e. The van der Waals surface area contributed by atoms with E-state index in [-0.39, 0.29) is 11.4 Å². The van der Waals surface area contributed by atoms with E-state index in [0.29, 0.717) is 5.56 Å². The summed E-state index contributed by atoms with van der Waals surface area (Å²) < 4.78 is 17.1. The standard InChI is InChI=1S/C12H11FO3/c1-8(14)11(12(15)16-2)7-9-3-5-10(13)6-4-9/h3-7H,1-2H3/b11-7+. The van der Waals surface area contributed by atoms with Gasteiger partial charge in [-0.3, -0.25) is 4.79 Å². The number of methoxy groups -OCH3 is 1. The number of benzene rings is 1. The Morgan fingerprint density at radius 1 is 1.25 bits per heavy atom. The fraction of sp³-hybridized carbons (Fsp3) is 0.167. The Morgan fingerprint density at radius 2 is 1.81 bits per heavy atom. The summed E-state index contributed by atoms with van der Waals surface area (Å²) in [5, 5.41) is 0. The second-order valence-corrected chi connectivity index (χ2v) is 3.16. The van der Waals surface area contributed by atoms with Gasteiger partial charge in [0.2, 0.25) is 0 Å². The molecule has 0 aliphatic rings. The van der Waals surface area contributed by atoms with Crippen LogP contribution in [0.25, 0.3) is 6.08 Å². The second-order valence-electron chi connectivity index (χ2n) is 3.16. The molecule has 1 aromatic carbocycles. The first-order valence-electron chi connectivity index (χ1n) is 4.61. The molecule has 1 rings (SSSR count). The lowest BCUT2D eigenvalue weighted by Gasteiger charge is -2.01. The van der Waals surface area contributed by atoms with E-state index in [0.717, 1.165) is 0 Å². The van der Waals surface area contributed by atoms with Crippen LogP contribution in [0.4, 0.5) is 4.39 Å². The molecule has 1 aromatic rings. The first-order chi connectivity index (χ1) is 7.54. The quantitative estimate of drug-likeness (QED) is 0.340. The van der Waals surface area contributed by atoms with Gasteiger partial charge >= 0.3 is 5.97 Å². The molecule has 3 nitrogen and oxygen atoms in total. The Hall–Kier alpha value is -1.97. The smallest absolute Gasteiger partial charge is 0.341 e. The number of rotatable bonds is 3. The molecule has 0 N–H and O–H groups in total. The maximum Gasteiger partial charge on any atom is 0.341 e. The van der Waals surface area contributed by atoms with E-state index in [2.05, 4.69) is 4.74 Å². The van der Waals surface area contributed by atoms with Crippen molar-refractivity contribution in [1.82, 2.24) is 0 Å². The lowest BCUT2D eigenvalue weighted by molar-refractivity contribution is -0.137. The van der Waals surface area contributed by atoms with Crippen LogP contribution in [-0.2, 0) is 14.3 Å². The van der Waals surface area contributed by atoms with Gasteiger partial charge in [0.1, 0.15) is 11.4 Å². The number of ketones is 1. The molecule has 0 heterocycles.